The molecule has 2 aromatic rings. The van der Waals surface area contributed by atoms with Crippen molar-refractivity contribution in [3.8, 4) is 11.5 Å². The van der Waals surface area contributed by atoms with E-state index < -0.39 is 6.61 Å². The zero-order valence-electron chi connectivity index (χ0n) is 19.1. The molecule has 2 N–H and O–H groups in total. The molecule has 33 heavy (non-hydrogen) atoms. The second-order valence-corrected chi connectivity index (χ2v) is 7.70. The lowest BCUT2D eigenvalue weighted by atomic mass is 10.0. The molecule has 0 radical (unpaired) electrons. The van der Waals surface area contributed by atoms with E-state index in [0.717, 1.165) is 44.0 Å². The van der Waals surface area contributed by atoms with Crippen molar-refractivity contribution in [2.24, 2.45) is 4.99 Å². The Labute approximate surface area is 211 Å². The maximum Gasteiger partial charge on any atom is 0.387 e. The van der Waals surface area contributed by atoms with Gasteiger partial charge in [-0.2, -0.15) is 8.78 Å². The standard InChI is InChI=1S/C24H32F2N4O2.HI/c1-3-31-22-15-19(9-10-21(22)32-23(25)26)16-28-24(27-2)29-20-11-13-30(14-12-20)17-18-7-5-4-6-8-18;/h4-10,15,20,23H,3,11-14,16-17H2,1-2H3,(H2,27,28,29);1H. The van der Waals surface area contributed by atoms with E-state index in [2.05, 4.69) is 49.5 Å². The molecule has 0 unspecified atom stereocenters. The van der Waals surface area contributed by atoms with Crippen LogP contribution in [0.2, 0.25) is 0 Å². The molecule has 3 rings (SSSR count). The third-order valence-corrected chi connectivity index (χ3v) is 5.39. The Hall–Kier alpha value is -2.14. The number of hydrogen-bond acceptors (Lipinski definition) is 4. The molecule has 6 nitrogen and oxygen atoms in total. The number of likely N-dealkylation sites (tertiary alicyclic amines) is 1. The normalized spacial score (nSPS) is 15.1. The van der Waals surface area contributed by atoms with Crippen LogP contribution in [0, 0.1) is 0 Å². The Morgan fingerprint density at radius 2 is 1.82 bits per heavy atom. The van der Waals surface area contributed by atoms with Crippen molar-refractivity contribution in [3.05, 3.63) is 59.7 Å². The fraction of sp³-hybridized carbons (Fsp3) is 0.458. The molecule has 0 atom stereocenters. The van der Waals surface area contributed by atoms with Crippen LogP contribution >= 0.6 is 24.0 Å². The number of aliphatic imine (C=N–C) groups is 1. The third kappa shape index (κ3) is 8.96. The molecule has 1 aliphatic heterocycles. The van der Waals surface area contributed by atoms with Crippen molar-refractivity contribution < 1.29 is 18.3 Å². The summed E-state index contributed by atoms with van der Waals surface area (Å²) in [5.41, 5.74) is 2.23. The van der Waals surface area contributed by atoms with Crippen LogP contribution in [-0.2, 0) is 13.1 Å². The van der Waals surface area contributed by atoms with Gasteiger partial charge in [-0.05, 0) is 43.0 Å². The molecule has 1 aliphatic rings. The molecular weight excluding hydrogens is 541 g/mol. The van der Waals surface area contributed by atoms with Crippen LogP contribution in [0.1, 0.15) is 30.9 Å². The average molecular weight is 574 g/mol. The van der Waals surface area contributed by atoms with E-state index in [1.165, 1.54) is 11.6 Å². The molecule has 0 aliphatic carbocycles. The smallest absolute Gasteiger partial charge is 0.387 e. The first-order valence-corrected chi connectivity index (χ1v) is 11.0. The van der Waals surface area contributed by atoms with E-state index in [0.29, 0.717) is 24.9 Å². The number of rotatable bonds is 9. The molecule has 1 heterocycles. The summed E-state index contributed by atoms with van der Waals surface area (Å²) >= 11 is 0. The molecule has 9 heteroatoms. The van der Waals surface area contributed by atoms with Gasteiger partial charge in [0, 0.05) is 39.3 Å². The largest absolute Gasteiger partial charge is 0.490 e. The monoisotopic (exact) mass is 574 g/mol. The van der Waals surface area contributed by atoms with Crippen molar-refractivity contribution in [2.45, 2.75) is 45.5 Å². The minimum Gasteiger partial charge on any atom is -0.490 e. The van der Waals surface area contributed by atoms with E-state index >= 15 is 0 Å². The molecule has 182 valence electrons. The molecule has 0 spiro atoms. The number of guanidine groups is 1. The quantitative estimate of drug-likeness (QED) is 0.260. The number of nitrogens with zero attached hydrogens (tertiary/aromatic N) is 2. The van der Waals surface area contributed by atoms with Gasteiger partial charge >= 0.3 is 6.61 Å². The van der Waals surface area contributed by atoms with E-state index in [1.54, 1.807) is 26.1 Å². The first-order valence-electron chi connectivity index (χ1n) is 11.0. The number of hydrogen-bond donors (Lipinski definition) is 2. The molecule has 0 bridgehead atoms. The Bertz CT molecular complexity index is 863. The SMILES string of the molecule is CCOc1cc(CNC(=NC)NC2CCN(Cc3ccccc3)CC2)ccc1OC(F)F.I. The summed E-state index contributed by atoms with van der Waals surface area (Å²) in [6.45, 7) is 2.81. The molecule has 1 fully saturated rings. The zero-order chi connectivity index (χ0) is 22.8. The van der Waals surface area contributed by atoms with Gasteiger partial charge in [-0.15, -0.1) is 24.0 Å². The Morgan fingerprint density at radius 3 is 2.45 bits per heavy atom. The van der Waals surface area contributed by atoms with Gasteiger partial charge in [0.1, 0.15) is 0 Å². The number of ether oxygens (including phenoxy) is 2. The topological polar surface area (TPSA) is 58.1 Å². The van der Waals surface area contributed by atoms with Crippen LogP contribution in [0.25, 0.3) is 0 Å². The lowest BCUT2D eigenvalue weighted by Gasteiger charge is -2.33. The third-order valence-electron chi connectivity index (χ3n) is 5.39. The van der Waals surface area contributed by atoms with E-state index in [1.807, 2.05) is 6.07 Å². The first-order chi connectivity index (χ1) is 15.6. The summed E-state index contributed by atoms with van der Waals surface area (Å²) in [5.74, 6) is 1.06. The van der Waals surface area contributed by atoms with Crippen molar-refractivity contribution in [1.82, 2.24) is 15.5 Å². The number of benzene rings is 2. The van der Waals surface area contributed by atoms with Crippen molar-refractivity contribution in [3.63, 3.8) is 0 Å². The lowest BCUT2D eigenvalue weighted by molar-refractivity contribution is -0.0514. The number of halogens is 3. The number of piperidine rings is 1. The van der Waals surface area contributed by atoms with E-state index in [-0.39, 0.29) is 29.7 Å². The predicted octanol–water partition coefficient (Wildman–Crippen LogP) is 4.63. The summed E-state index contributed by atoms with van der Waals surface area (Å²) in [6.07, 6.45) is 2.09. The van der Waals surface area contributed by atoms with Gasteiger partial charge in [0.25, 0.3) is 0 Å². The lowest BCUT2D eigenvalue weighted by Crippen LogP contribution is -2.48. The minimum atomic E-state index is -2.89. The van der Waals surface area contributed by atoms with Gasteiger partial charge in [-0.1, -0.05) is 36.4 Å². The average Bonchev–Trinajstić information content (AvgIpc) is 2.80. The molecule has 0 aromatic heterocycles. The van der Waals surface area contributed by atoms with E-state index in [9.17, 15) is 8.78 Å². The van der Waals surface area contributed by atoms with Gasteiger partial charge in [0.15, 0.2) is 17.5 Å². The van der Waals surface area contributed by atoms with Crippen LogP contribution in [0.3, 0.4) is 0 Å². The van der Waals surface area contributed by atoms with Crippen molar-refractivity contribution in [1.29, 1.82) is 0 Å². The fourth-order valence-corrected chi connectivity index (χ4v) is 3.77. The van der Waals surface area contributed by atoms with Gasteiger partial charge in [-0.3, -0.25) is 9.89 Å². The van der Waals surface area contributed by atoms with Crippen LogP contribution in [0.5, 0.6) is 11.5 Å². The Morgan fingerprint density at radius 1 is 1.09 bits per heavy atom. The molecule has 0 amide bonds. The molecule has 0 saturated carbocycles. The zero-order valence-corrected chi connectivity index (χ0v) is 21.4. The highest BCUT2D eigenvalue weighted by Crippen LogP contribution is 2.29. The van der Waals surface area contributed by atoms with Crippen molar-refractivity contribution in [2.75, 3.05) is 26.7 Å². The minimum absolute atomic E-state index is 0. The summed E-state index contributed by atoms with van der Waals surface area (Å²) in [4.78, 5) is 6.80. The van der Waals surface area contributed by atoms with Crippen LogP contribution in [-0.4, -0.2) is 50.3 Å². The molecular formula is C24H33F2IN4O2. The van der Waals surface area contributed by atoms with Crippen molar-refractivity contribution >= 4 is 29.9 Å². The predicted molar refractivity (Wildman–Crippen MR) is 138 cm³/mol. The fourth-order valence-electron chi connectivity index (χ4n) is 3.77. The Kier molecular flexibility index (Phi) is 11.7. The van der Waals surface area contributed by atoms with Gasteiger partial charge < -0.3 is 20.1 Å². The Balaban J connectivity index is 0.00000385. The summed E-state index contributed by atoms with van der Waals surface area (Å²) in [5, 5.41) is 6.79. The summed E-state index contributed by atoms with van der Waals surface area (Å²) < 4.78 is 35.1. The highest BCUT2D eigenvalue weighted by Gasteiger charge is 2.20. The van der Waals surface area contributed by atoms with Gasteiger partial charge in [0.05, 0.1) is 6.61 Å². The van der Waals surface area contributed by atoms with Gasteiger partial charge in [0.2, 0.25) is 0 Å². The maximum atomic E-state index is 12.6. The molecule has 2 aromatic carbocycles. The maximum absolute atomic E-state index is 12.6. The first kappa shape index (κ1) is 27.1. The van der Waals surface area contributed by atoms with Crippen LogP contribution < -0.4 is 20.1 Å². The van der Waals surface area contributed by atoms with Crippen LogP contribution in [0.15, 0.2) is 53.5 Å². The van der Waals surface area contributed by atoms with Crippen LogP contribution in [0.4, 0.5) is 8.78 Å². The van der Waals surface area contributed by atoms with E-state index in [4.69, 9.17) is 4.74 Å². The highest BCUT2D eigenvalue weighted by molar-refractivity contribution is 14.0. The van der Waals surface area contributed by atoms with Gasteiger partial charge in [-0.25, -0.2) is 0 Å². The second kappa shape index (κ2) is 14.2. The number of alkyl halides is 2. The summed E-state index contributed by atoms with van der Waals surface area (Å²) in [6, 6.07) is 15.8. The second-order valence-electron chi connectivity index (χ2n) is 7.70. The molecule has 1 saturated heterocycles. The highest BCUT2D eigenvalue weighted by atomic mass is 127. The number of nitrogens with one attached hydrogen (secondary N) is 2. The summed E-state index contributed by atoms with van der Waals surface area (Å²) in [7, 11) is 1.74.